The van der Waals surface area contributed by atoms with Gasteiger partial charge < -0.3 is 14.6 Å². The van der Waals surface area contributed by atoms with Gasteiger partial charge in [0.2, 0.25) is 0 Å². The van der Waals surface area contributed by atoms with Crippen LogP contribution >= 0.6 is 0 Å². The molecule has 0 saturated carbocycles. The fraction of sp³-hybridized carbons (Fsp3) is 0. The molecule has 0 aliphatic carbocycles. The molecule has 0 bridgehead atoms. The molecule has 4 heteroatoms. The van der Waals surface area contributed by atoms with E-state index >= 15 is 0 Å². The fourth-order valence-electron chi connectivity index (χ4n) is 1.33. The summed E-state index contributed by atoms with van der Waals surface area (Å²) in [5, 5.41) is 17.8. The average Bonchev–Trinajstić information content (AvgIpc) is 2.71. The van der Waals surface area contributed by atoms with Crippen molar-refractivity contribution >= 4 is 12.6 Å². The molecule has 0 amide bonds. The molecular formula is C10H10BNO2. The molecule has 14 heavy (non-hydrogen) atoms. The summed E-state index contributed by atoms with van der Waals surface area (Å²) in [6, 6.07) is 11.0. The predicted molar refractivity (Wildman–Crippen MR) is 55.6 cm³/mol. The lowest BCUT2D eigenvalue weighted by Crippen LogP contribution is -2.29. The lowest BCUT2D eigenvalue weighted by molar-refractivity contribution is 0.426. The first kappa shape index (κ1) is 9.06. The Morgan fingerprint density at radius 1 is 0.929 bits per heavy atom. The van der Waals surface area contributed by atoms with Crippen LogP contribution in [0, 0.1) is 0 Å². The van der Waals surface area contributed by atoms with Crippen molar-refractivity contribution in [3.63, 3.8) is 0 Å². The molecule has 2 N–H and O–H groups in total. The van der Waals surface area contributed by atoms with Gasteiger partial charge in [0.1, 0.15) is 0 Å². The molecule has 0 aliphatic rings. The summed E-state index contributed by atoms with van der Waals surface area (Å²) < 4.78 is 1.95. The molecule has 70 valence electrons. The second-order valence-electron chi connectivity index (χ2n) is 3.06. The van der Waals surface area contributed by atoms with E-state index in [0.717, 1.165) is 5.69 Å². The van der Waals surface area contributed by atoms with Crippen LogP contribution in [0.5, 0.6) is 0 Å². The number of benzene rings is 1. The molecule has 1 heterocycles. The van der Waals surface area contributed by atoms with Crippen molar-refractivity contribution in [2.45, 2.75) is 0 Å². The molecule has 0 atom stereocenters. The van der Waals surface area contributed by atoms with Gasteiger partial charge in [-0.05, 0) is 29.7 Å². The van der Waals surface area contributed by atoms with Gasteiger partial charge >= 0.3 is 7.12 Å². The predicted octanol–water partition coefficient (Wildman–Crippen LogP) is 0.157. The van der Waals surface area contributed by atoms with Crippen LogP contribution in [-0.2, 0) is 0 Å². The van der Waals surface area contributed by atoms with Crippen LogP contribution in [0.1, 0.15) is 0 Å². The van der Waals surface area contributed by atoms with Crippen LogP contribution in [0.15, 0.2) is 48.8 Å². The van der Waals surface area contributed by atoms with Gasteiger partial charge in [-0.1, -0.05) is 12.1 Å². The largest absolute Gasteiger partial charge is 0.488 e. The molecule has 0 radical (unpaired) electrons. The minimum atomic E-state index is -1.39. The van der Waals surface area contributed by atoms with E-state index in [2.05, 4.69) is 0 Å². The quantitative estimate of drug-likeness (QED) is 0.657. The maximum absolute atomic E-state index is 8.89. The number of rotatable bonds is 2. The number of hydrogen-bond acceptors (Lipinski definition) is 2. The van der Waals surface area contributed by atoms with E-state index in [-0.39, 0.29) is 0 Å². The molecule has 0 saturated heterocycles. The molecule has 0 unspecified atom stereocenters. The third kappa shape index (κ3) is 1.71. The van der Waals surface area contributed by atoms with E-state index in [1.807, 2.05) is 41.2 Å². The molecular weight excluding hydrogens is 177 g/mol. The van der Waals surface area contributed by atoms with Crippen molar-refractivity contribution in [3.05, 3.63) is 48.8 Å². The summed E-state index contributed by atoms with van der Waals surface area (Å²) in [6.07, 6.45) is 3.87. The van der Waals surface area contributed by atoms with Gasteiger partial charge in [0.25, 0.3) is 0 Å². The Kier molecular flexibility index (Phi) is 2.39. The van der Waals surface area contributed by atoms with Crippen LogP contribution in [0.2, 0.25) is 0 Å². The summed E-state index contributed by atoms with van der Waals surface area (Å²) in [5.41, 5.74) is 1.50. The molecule has 3 nitrogen and oxygen atoms in total. The van der Waals surface area contributed by atoms with Crippen molar-refractivity contribution in [2.24, 2.45) is 0 Å². The van der Waals surface area contributed by atoms with Crippen LogP contribution < -0.4 is 5.46 Å². The lowest BCUT2D eigenvalue weighted by atomic mass is 9.80. The first-order chi connectivity index (χ1) is 6.77. The Morgan fingerprint density at radius 3 is 2.00 bits per heavy atom. The van der Waals surface area contributed by atoms with Crippen molar-refractivity contribution in [2.75, 3.05) is 0 Å². The number of hydrogen-bond donors (Lipinski definition) is 2. The van der Waals surface area contributed by atoms with Gasteiger partial charge in [0, 0.05) is 18.1 Å². The third-order valence-corrected chi connectivity index (χ3v) is 2.09. The van der Waals surface area contributed by atoms with E-state index in [4.69, 9.17) is 10.0 Å². The van der Waals surface area contributed by atoms with Crippen LogP contribution in [0.25, 0.3) is 5.69 Å². The standard InChI is InChI=1S/C10H10BNO2/c13-11(14)9-3-5-10(6-4-9)12-7-1-2-8-12/h1-8,13-14H. The van der Waals surface area contributed by atoms with Gasteiger partial charge in [0.15, 0.2) is 0 Å². The van der Waals surface area contributed by atoms with Crippen molar-refractivity contribution < 1.29 is 10.0 Å². The normalized spacial score (nSPS) is 10.1. The number of nitrogens with zero attached hydrogens (tertiary/aromatic N) is 1. The maximum atomic E-state index is 8.89. The van der Waals surface area contributed by atoms with E-state index in [9.17, 15) is 0 Å². The maximum Gasteiger partial charge on any atom is 0.488 e. The molecule has 2 rings (SSSR count). The lowest BCUT2D eigenvalue weighted by Gasteiger charge is -2.04. The Bertz CT molecular complexity index is 395. The van der Waals surface area contributed by atoms with Gasteiger partial charge in [-0.25, -0.2) is 0 Å². The summed E-state index contributed by atoms with van der Waals surface area (Å²) >= 11 is 0. The second-order valence-corrected chi connectivity index (χ2v) is 3.06. The van der Waals surface area contributed by atoms with E-state index in [1.165, 1.54) is 0 Å². The van der Waals surface area contributed by atoms with Crippen molar-refractivity contribution in [1.29, 1.82) is 0 Å². The summed E-state index contributed by atoms with van der Waals surface area (Å²) in [4.78, 5) is 0. The van der Waals surface area contributed by atoms with Crippen LogP contribution in [0.3, 0.4) is 0 Å². The zero-order valence-electron chi connectivity index (χ0n) is 7.54. The highest BCUT2D eigenvalue weighted by atomic mass is 16.4. The summed E-state index contributed by atoms with van der Waals surface area (Å²) in [7, 11) is -1.39. The van der Waals surface area contributed by atoms with E-state index in [1.54, 1.807) is 12.1 Å². The van der Waals surface area contributed by atoms with Gasteiger partial charge in [0.05, 0.1) is 0 Å². The highest BCUT2D eigenvalue weighted by molar-refractivity contribution is 6.58. The molecule has 2 aromatic rings. The monoisotopic (exact) mass is 187 g/mol. The SMILES string of the molecule is OB(O)c1ccc(-n2cccc2)cc1. The molecule has 0 fully saturated rings. The highest BCUT2D eigenvalue weighted by Crippen LogP contribution is 2.05. The second kappa shape index (κ2) is 3.70. The van der Waals surface area contributed by atoms with Crippen LogP contribution in [0.4, 0.5) is 0 Å². The Labute approximate surface area is 82.4 Å². The van der Waals surface area contributed by atoms with Gasteiger partial charge in [-0.15, -0.1) is 0 Å². The smallest absolute Gasteiger partial charge is 0.423 e. The number of aromatic nitrogens is 1. The van der Waals surface area contributed by atoms with E-state index < -0.39 is 7.12 Å². The minimum Gasteiger partial charge on any atom is -0.423 e. The van der Waals surface area contributed by atoms with Crippen molar-refractivity contribution in [3.8, 4) is 5.69 Å². The molecule has 1 aromatic heterocycles. The molecule has 1 aromatic carbocycles. The first-order valence-corrected chi connectivity index (χ1v) is 4.37. The topological polar surface area (TPSA) is 45.4 Å². The molecule has 0 spiro atoms. The molecule has 0 aliphatic heterocycles. The first-order valence-electron chi connectivity index (χ1n) is 4.37. The Hall–Kier alpha value is -1.52. The fourth-order valence-corrected chi connectivity index (χ4v) is 1.33. The summed E-state index contributed by atoms with van der Waals surface area (Å²) in [6.45, 7) is 0. The van der Waals surface area contributed by atoms with E-state index in [0.29, 0.717) is 5.46 Å². The van der Waals surface area contributed by atoms with Gasteiger partial charge in [-0.3, -0.25) is 0 Å². The zero-order chi connectivity index (χ0) is 9.97. The van der Waals surface area contributed by atoms with Gasteiger partial charge in [-0.2, -0.15) is 0 Å². The Morgan fingerprint density at radius 2 is 1.50 bits per heavy atom. The zero-order valence-corrected chi connectivity index (χ0v) is 7.54. The summed E-state index contributed by atoms with van der Waals surface area (Å²) in [5.74, 6) is 0. The van der Waals surface area contributed by atoms with Crippen LogP contribution in [-0.4, -0.2) is 21.7 Å². The van der Waals surface area contributed by atoms with Crippen molar-refractivity contribution in [1.82, 2.24) is 4.57 Å². The third-order valence-electron chi connectivity index (χ3n) is 2.09. The average molecular weight is 187 g/mol. The minimum absolute atomic E-state index is 0.501. The Balaban J connectivity index is 2.31. The highest BCUT2D eigenvalue weighted by Gasteiger charge is 2.09.